The Labute approximate surface area is 232 Å². The summed E-state index contributed by atoms with van der Waals surface area (Å²) in [6.07, 6.45) is -0.751. The van der Waals surface area contributed by atoms with Crippen LogP contribution in [0.3, 0.4) is 0 Å². The Morgan fingerprint density at radius 3 is 1.82 bits per heavy atom. The Bertz CT molecular complexity index is 1530. The first-order valence-corrected chi connectivity index (χ1v) is 15.9. The number of rotatable bonds is 8. The van der Waals surface area contributed by atoms with E-state index < -0.39 is 26.2 Å². The lowest BCUT2D eigenvalue weighted by atomic mass is 10.1. The number of benzene rings is 3. The molecule has 208 valence electrons. The van der Waals surface area contributed by atoms with Gasteiger partial charge in [-0.05, 0) is 76.6 Å². The molecule has 0 spiro atoms. The summed E-state index contributed by atoms with van der Waals surface area (Å²) in [5.41, 5.74) is 3.68. The van der Waals surface area contributed by atoms with Crippen molar-refractivity contribution >= 4 is 31.6 Å². The van der Waals surface area contributed by atoms with Crippen LogP contribution in [0.25, 0.3) is 0 Å². The summed E-state index contributed by atoms with van der Waals surface area (Å²) < 4.78 is 59.5. The van der Waals surface area contributed by atoms with Gasteiger partial charge in [-0.25, -0.2) is 8.42 Å². The molecule has 0 amide bonds. The molecule has 39 heavy (non-hydrogen) atoms. The van der Waals surface area contributed by atoms with Crippen molar-refractivity contribution in [2.45, 2.75) is 50.6 Å². The van der Waals surface area contributed by atoms with Crippen LogP contribution in [0.5, 0.6) is 0 Å². The van der Waals surface area contributed by atoms with Gasteiger partial charge in [0.1, 0.15) is 12.0 Å². The summed E-state index contributed by atoms with van der Waals surface area (Å²) in [5, 5.41) is 0. The lowest BCUT2D eigenvalue weighted by molar-refractivity contribution is 0.284. The maximum atomic E-state index is 13.8. The first-order valence-electron chi connectivity index (χ1n) is 13.1. The van der Waals surface area contributed by atoms with E-state index in [4.69, 9.17) is 0 Å². The van der Waals surface area contributed by atoms with Gasteiger partial charge in [0.05, 0.1) is 9.79 Å². The van der Waals surface area contributed by atoms with E-state index in [1.807, 2.05) is 38.1 Å². The lowest BCUT2D eigenvalue weighted by Crippen LogP contribution is -2.37. The average molecular weight is 569 g/mol. The number of amidine groups is 1. The lowest BCUT2D eigenvalue weighted by Gasteiger charge is -2.31. The molecule has 0 unspecified atom stereocenters. The molecule has 0 aromatic heterocycles. The zero-order chi connectivity index (χ0) is 28.4. The molecule has 0 aliphatic carbocycles. The molecule has 1 fully saturated rings. The highest BCUT2D eigenvalue weighted by atomic mass is 32.2. The molecule has 10 heteroatoms. The fraction of sp³-hybridized carbons (Fsp3) is 0.345. The van der Waals surface area contributed by atoms with Gasteiger partial charge in [-0.1, -0.05) is 47.5 Å². The van der Waals surface area contributed by atoms with Crippen molar-refractivity contribution in [3.63, 3.8) is 0 Å². The predicted molar refractivity (Wildman–Crippen MR) is 156 cm³/mol. The molecule has 0 radical (unpaired) electrons. The second-order valence-electron chi connectivity index (χ2n) is 9.69. The third kappa shape index (κ3) is 6.03. The van der Waals surface area contributed by atoms with Crippen LogP contribution in [0, 0.1) is 13.8 Å². The molecular weight excluding hydrogens is 532 g/mol. The topological polar surface area (TPSA) is 90.4 Å². The number of nitrogens with zero attached hydrogens (tertiary/aromatic N) is 4. The quantitative estimate of drug-likeness (QED) is 0.282. The smallest absolute Gasteiger partial charge is 0.283 e. The highest BCUT2D eigenvalue weighted by molar-refractivity contribution is 7.90. The standard InChI is InChI=1S/C29H36N4O4S2/c1-6-31(7-2)26-14-12-25(13-15-26)29-32(24(5)30-38(34,35)27-16-8-22(3)9-17-27)20-21-33(29)39(36,37)28-18-10-23(4)11-19-28/h8-19,29H,6-7,20-21H2,1-5H3/t29-/m1/s1. The molecule has 1 saturated heterocycles. The van der Waals surface area contributed by atoms with Crippen molar-refractivity contribution in [1.29, 1.82) is 0 Å². The molecule has 1 atom stereocenters. The fourth-order valence-electron chi connectivity index (χ4n) is 4.82. The monoisotopic (exact) mass is 568 g/mol. The largest absolute Gasteiger partial charge is 0.372 e. The van der Waals surface area contributed by atoms with E-state index in [1.165, 1.54) is 16.4 Å². The number of hydrogen-bond acceptors (Lipinski definition) is 5. The molecule has 1 aliphatic rings. The molecule has 4 rings (SSSR count). The van der Waals surface area contributed by atoms with Crippen molar-refractivity contribution in [2.75, 3.05) is 31.1 Å². The van der Waals surface area contributed by atoms with E-state index in [2.05, 4.69) is 23.1 Å². The van der Waals surface area contributed by atoms with Gasteiger partial charge in [-0.2, -0.15) is 12.7 Å². The van der Waals surface area contributed by atoms with Gasteiger partial charge in [-0.3, -0.25) is 0 Å². The van der Waals surface area contributed by atoms with Crippen LogP contribution in [0.15, 0.2) is 87.0 Å². The van der Waals surface area contributed by atoms with Gasteiger partial charge in [0.2, 0.25) is 10.0 Å². The Hall–Kier alpha value is -3.21. The van der Waals surface area contributed by atoms with Crippen molar-refractivity contribution in [3.05, 3.63) is 89.5 Å². The van der Waals surface area contributed by atoms with Gasteiger partial charge >= 0.3 is 0 Å². The van der Waals surface area contributed by atoms with Crippen LogP contribution in [-0.2, 0) is 20.0 Å². The molecule has 3 aromatic rings. The molecule has 1 heterocycles. The Morgan fingerprint density at radius 2 is 1.31 bits per heavy atom. The summed E-state index contributed by atoms with van der Waals surface area (Å²) in [6, 6.07) is 21.1. The van der Waals surface area contributed by atoms with Crippen LogP contribution >= 0.6 is 0 Å². The van der Waals surface area contributed by atoms with Crippen LogP contribution < -0.4 is 4.90 Å². The number of hydrogen-bond donors (Lipinski definition) is 0. The van der Waals surface area contributed by atoms with E-state index in [0.717, 1.165) is 35.5 Å². The normalized spacial score (nSPS) is 17.0. The Kier molecular flexibility index (Phi) is 8.48. The Morgan fingerprint density at radius 1 is 0.795 bits per heavy atom. The van der Waals surface area contributed by atoms with Crippen LogP contribution in [-0.4, -0.2) is 58.1 Å². The SMILES string of the molecule is CCN(CC)c1ccc([C@@H]2N(C(C)=NS(=O)(=O)c3ccc(C)cc3)CCN2S(=O)(=O)c2ccc(C)cc2)cc1. The van der Waals surface area contributed by atoms with Crippen molar-refractivity contribution in [3.8, 4) is 0 Å². The highest BCUT2D eigenvalue weighted by Crippen LogP contribution is 2.36. The molecule has 8 nitrogen and oxygen atoms in total. The molecule has 0 N–H and O–H groups in total. The summed E-state index contributed by atoms with van der Waals surface area (Å²) in [7, 11) is -7.86. The van der Waals surface area contributed by atoms with E-state index in [1.54, 1.807) is 48.2 Å². The zero-order valence-corrected chi connectivity index (χ0v) is 24.7. The van der Waals surface area contributed by atoms with Crippen LogP contribution in [0.2, 0.25) is 0 Å². The first kappa shape index (κ1) is 28.8. The highest BCUT2D eigenvalue weighted by Gasteiger charge is 2.42. The minimum absolute atomic E-state index is 0.0934. The minimum Gasteiger partial charge on any atom is -0.372 e. The van der Waals surface area contributed by atoms with E-state index in [9.17, 15) is 16.8 Å². The van der Waals surface area contributed by atoms with Crippen LogP contribution in [0.4, 0.5) is 5.69 Å². The van der Waals surface area contributed by atoms with Crippen molar-refractivity contribution in [1.82, 2.24) is 9.21 Å². The van der Waals surface area contributed by atoms with Gasteiger partial charge in [-0.15, -0.1) is 4.40 Å². The van der Waals surface area contributed by atoms with Crippen LogP contribution in [0.1, 0.15) is 43.6 Å². The minimum atomic E-state index is -3.98. The second-order valence-corrected chi connectivity index (χ2v) is 13.2. The van der Waals surface area contributed by atoms with E-state index in [0.29, 0.717) is 6.54 Å². The number of aryl methyl sites for hydroxylation is 2. The molecule has 0 bridgehead atoms. The van der Waals surface area contributed by atoms with Crippen molar-refractivity contribution < 1.29 is 16.8 Å². The van der Waals surface area contributed by atoms with Gasteiger partial charge in [0.15, 0.2) is 0 Å². The van der Waals surface area contributed by atoms with Gasteiger partial charge in [0.25, 0.3) is 10.0 Å². The number of sulfonamides is 2. The summed E-state index contributed by atoms with van der Waals surface area (Å²) in [4.78, 5) is 4.25. The van der Waals surface area contributed by atoms with E-state index in [-0.39, 0.29) is 22.2 Å². The number of anilines is 1. The summed E-state index contributed by atoms with van der Waals surface area (Å²) in [5.74, 6) is 0.231. The molecular formula is C29H36N4O4S2. The molecule has 1 aliphatic heterocycles. The molecule has 3 aromatic carbocycles. The second kappa shape index (κ2) is 11.5. The Balaban J connectivity index is 1.77. The third-order valence-corrected chi connectivity index (χ3v) is 10.3. The first-order chi connectivity index (χ1) is 18.5. The third-order valence-electron chi connectivity index (χ3n) is 7.06. The molecule has 0 saturated carbocycles. The maximum absolute atomic E-state index is 13.8. The van der Waals surface area contributed by atoms with Crippen molar-refractivity contribution in [2.24, 2.45) is 4.40 Å². The summed E-state index contributed by atoms with van der Waals surface area (Å²) >= 11 is 0. The predicted octanol–water partition coefficient (Wildman–Crippen LogP) is 4.96. The van der Waals surface area contributed by atoms with Gasteiger partial charge < -0.3 is 9.80 Å². The van der Waals surface area contributed by atoms with Gasteiger partial charge in [0, 0.05) is 31.9 Å². The van der Waals surface area contributed by atoms with E-state index >= 15 is 0 Å². The fourth-order valence-corrected chi connectivity index (χ4v) is 7.43. The summed E-state index contributed by atoms with van der Waals surface area (Å²) in [6.45, 7) is 11.8. The maximum Gasteiger partial charge on any atom is 0.283 e. The average Bonchev–Trinajstić information content (AvgIpc) is 3.37. The zero-order valence-electron chi connectivity index (χ0n) is 23.1.